The largest absolute Gasteiger partial charge is 0.435 e. The van der Waals surface area contributed by atoms with Gasteiger partial charge in [-0.2, -0.15) is 39.5 Å². The molecule has 170 valence electrons. The monoisotopic (exact) mass is 607 g/mol. The van der Waals surface area contributed by atoms with Crippen LogP contribution in [0.5, 0.6) is 0 Å². The molecule has 31 heavy (non-hydrogen) atoms. The lowest BCUT2D eigenvalue weighted by molar-refractivity contribution is -0.144. The van der Waals surface area contributed by atoms with Gasteiger partial charge < -0.3 is 5.32 Å². The Hall–Kier alpha value is -1.74. The Labute approximate surface area is 188 Å². The molecule has 1 aromatic carbocycles. The zero-order valence-corrected chi connectivity index (χ0v) is 18.1. The number of nitrogens with zero attached hydrogens (tertiary/aromatic N) is 2. The first-order chi connectivity index (χ1) is 13.9. The van der Waals surface area contributed by atoms with Crippen molar-refractivity contribution in [2.75, 3.05) is 5.32 Å². The number of aromatic nitrogens is 2. The van der Waals surface area contributed by atoms with Crippen molar-refractivity contribution in [3.63, 3.8) is 0 Å². The van der Waals surface area contributed by atoms with E-state index in [1.807, 2.05) is 5.32 Å². The second-order valence-electron chi connectivity index (χ2n) is 5.55. The summed E-state index contributed by atoms with van der Waals surface area (Å²) in [6.45, 7) is 3.15. The summed E-state index contributed by atoms with van der Waals surface area (Å²) in [5.74, 6) is -1.09. The molecule has 0 aliphatic heterocycles. The summed E-state index contributed by atoms with van der Waals surface area (Å²) < 4.78 is 117. The fourth-order valence-corrected chi connectivity index (χ4v) is 4.01. The molecule has 16 heteroatoms. The molecular weight excluding hydrogens is 604 g/mol. The molecule has 0 fully saturated rings. The summed E-state index contributed by atoms with van der Waals surface area (Å²) in [5, 5.41) is 0.515. The number of hydrogen-bond acceptors (Lipinski definition) is 3. The van der Waals surface area contributed by atoms with Crippen LogP contribution in [0.15, 0.2) is 26.4 Å². The van der Waals surface area contributed by atoms with Gasteiger partial charge >= 0.3 is 18.5 Å². The van der Waals surface area contributed by atoms with E-state index in [4.69, 9.17) is 11.6 Å². The van der Waals surface area contributed by atoms with E-state index in [0.29, 0.717) is 6.20 Å². The molecule has 2 aromatic rings. The zero-order valence-electron chi connectivity index (χ0n) is 14.2. The van der Waals surface area contributed by atoms with E-state index in [2.05, 4.69) is 43.4 Å². The van der Waals surface area contributed by atoms with Crippen molar-refractivity contribution in [2.45, 2.75) is 18.5 Å². The molecule has 1 N–H and O–H groups in total. The SMILES string of the molecule is C=Cn1c(Nc2c(Br)c(C(F)(F)F)cc(C(F)(F)F)c2Br)nc(C(F)(F)F)c(Cl)c1=O. The van der Waals surface area contributed by atoms with Crippen LogP contribution < -0.4 is 10.9 Å². The molecule has 0 aliphatic rings. The molecule has 1 heterocycles. The van der Waals surface area contributed by atoms with Gasteiger partial charge in [-0.15, -0.1) is 0 Å². The number of halogens is 12. The topological polar surface area (TPSA) is 46.9 Å². The lowest BCUT2D eigenvalue weighted by atomic mass is 10.1. The number of nitrogens with one attached hydrogen (secondary N) is 1. The number of benzene rings is 1. The van der Waals surface area contributed by atoms with E-state index in [0.717, 1.165) is 0 Å². The summed E-state index contributed by atoms with van der Waals surface area (Å²) in [5.41, 5.74) is -8.00. The van der Waals surface area contributed by atoms with Gasteiger partial charge in [0.2, 0.25) is 5.95 Å². The van der Waals surface area contributed by atoms with Gasteiger partial charge in [0.05, 0.1) is 25.8 Å². The third kappa shape index (κ3) is 5.03. The van der Waals surface area contributed by atoms with Crippen LogP contribution in [-0.2, 0) is 18.5 Å². The van der Waals surface area contributed by atoms with Crippen molar-refractivity contribution in [3.8, 4) is 0 Å². The fraction of sp³-hybridized carbons (Fsp3) is 0.200. The molecule has 0 saturated heterocycles. The van der Waals surface area contributed by atoms with Crippen molar-refractivity contribution < 1.29 is 39.5 Å². The van der Waals surface area contributed by atoms with Crippen LogP contribution in [-0.4, -0.2) is 9.55 Å². The number of anilines is 2. The number of rotatable bonds is 3. The van der Waals surface area contributed by atoms with Crippen molar-refractivity contribution in [2.24, 2.45) is 0 Å². The van der Waals surface area contributed by atoms with Gasteiger partial charge in [0.15, 0.2) is 5.69 Å². The number of hydrogen-bond donors (Lipinski definition) is 1. The Morgan fingerprint density at radius 2 is 1.42 bits per heavy atom. The van der Waals surface area contributed by atoms with Crippen LogP contribution >= 0.6 is 43.5 Å². The Morgan fingerprint density at radius 3 is 1.77 bits per heavy atom. The highest BCUT2D eigenvalue weighted by atomic mass is 79.9. The maximum atomic E-state index is 13.3. The third-order valence-corrected chi connectivity index (χ3v) is 5.55. The van der Waals surface area contributed by atoms with Gasteiger partial charge in [-0.25, -0.2) is 4.98 Å². The summed E-state index contributed by atoms with van der Waals surface area (Å²) in [7, 11) is 0. The molecular formula is C15H5Br2ClF9N3O. The standard InChI is InChI=1S/C15H5Br2ClF9N3O/c1-2-30-11(31)8(18)10(15(25,26)27)29-12(30)28-9-6(16)4(13(19,20)21)3-5(7(9)17)14(22,23)24/h2-3H,1H2,(H,28,29). The molecule has 4 nitrogen and oxygen atoms in total. The first-order valence-electron chi connectivity index (χ1n) is 7.36. The lowest BCUT2D eigenvalue weighted by Gasteiger charge is -2.21. The zero-order chi connectivity index (χ0) is 24.1. The predicted molar refractivity (Wildman–Crippen MR) is 100 cm³/mol. The smallest absolute Gasteiger partial charge is 0.323 e. The minimum absolute atomic E-state index is 0.198. The van der Waals surface area contributed by atoms with E-state index in [9.17, 15) is 44.3 Å². The first kappa shape index (κ1) is 25.5. The molecule has 0 radical (unpaired) electrons. The highest BCUT2D eigenvalue weighted by Gasteiger charge is 2.42. The second-order valence-corrected chi connectivity index (χ2v) is 7.51. The van der Waals surface area contributed by atoms with E-state index >= 15 is 0 Å². The van der Waals surface area contributed by atoms with Crippen LogP contribution in [0.1, 0.15) is 16.8 Å². The van der Waals surface area contributed by atoms with Crippen molar-refractivity contribution >= 4 is 61.3 Å². The summed E-state index contributed by atoms with van der Waals surface area (Å²) in [4.78, 5) is 15.2. The van der Waals surface area contributed by atoms with Crippen LogP contribution in [0.2, 0.25) is 5.02 Å². The van der Waals surface area contributed by atoms with E-state index in [1.54, 1.807) is 0 Å². The Balaban J connectivity index is 2.90. The molecule has 2 rings (SSSR count). The summed E-state index contributed by atoms with van der Waals surface area (Å²) >= 11 is 10.4. The van der Waals surface area contributed by atoms with Gasteiger partial charge in [-0.05, 0) is 37.9 Å². The first-order valence-corrected chi connectivity index (χ1v) is 9.32. The molecule has 0 unspecified atom stereocenters. The van der Waals surface area contributed by atoms with E-state index in [1.165, 1.54) is 0 Å². The molecule has 0 atom stereocenters. The average molecular weight is 609 g/mol. The van der Waals surface area contributed by atoms with E-state index < -0.39 is 66.5 Å². The summed E-state index contributed by atoms with van der Waals surface area (Å²) in [6, 6.07) is -0.198. The minimum atomic E-state index is -5.28. The molecule has 0 amide bonds. The van der Waals surface area contributed by atoms with Gasteiger partial charge in [-0.3, -0.25) is 9.36 Å². The van der Waals surface area contributed by atoms with Gasteiger partial charge in [0.25, 0.3) is 5.56 Å². The minimum Gasteiger partial charge on any atom is -0.323 e. The highest BCUT2D eigenvalue weighted by Crippen LogP contribution is 2.48. The molecule has 0 bridgehead atoms. The molecule has 0 aliphatic carbocycles. The predicted octanol–water partition coefficient (Wildman–Crippen LogP) is 7.32. The van der Waals surface area contributed by atoms with Crippen LogP contribution in [0.3, 0.4) is 0 Å². The Kier molecular flexibility index (Phi) is 6.84. The van der Waals surface area contributed by atoms with Crippen molar-refractivity contribution in [1.29, 1.82) is 0 Å². The average Bonchev–Trinajstić information content (AvgIpc) is 2.58. The Bertz CT molecular complexity index is 1070. The molecule has 0 saturated carbocycles. The van der Waals surface area contributed by atoms with Gasteiger partial charge in [0.1, 0.15) is 5.02 Å². The quantitative estimate of drug-likeness (QED) is 0.371. The van der Waals surface area contributed by atoms with E-state index in [-0.39, 0.29) is 10.6 Å². The van der Waals surface area contributed by atoms with Gasteiger partial charge in [-0.1, -0.05) is 18.2 Å². The van der Waals surface area contributed by atoms with Crippen LogP contribution in [0.4, 0.5) is 51.1 Å². The Morgan fingerprint density at radius 1 is 0.968 bits per heavy atom. The van der Waals surface area contributed by atoms with Crippen molar-refractivity contribution in [3.05, 3.63) is 53.8 Å². The lowest BCUT2D eigenvalue weighted by Crippen LogP contribution is -2.26. The van der Waals surface area contributed by atoms with Gasteiger partial charge in [0, 0.05) is 6.20 Å². The van der Waals surface area contributed by atoms with Crippen LogP contribution in [0.25, 0.3) is 6.20 Å². The second kappa shape index (κ2) is 8.31. The molecule has 1 aromatic heterocycles. The maximum absolute atomic E-state index is 13.3. The maximum Gasteiger partial charge on any atom is 0.435 e. The third-order valence-electron chi connectivity index (χ3n) is 3.56. The number of alkyl halides is 9. The highest BCUT2D eigenvalue weighted by molar-refractivity contribution is 9.11. The van der Waals surface area contributed by atoms with Crippen LogP contribution in [0, 0.1) is 0 Å². The van der Waals surface area contributed by atoms with Crippen molar-refractivity contribution in [1.82, 2.24) is 9.55 Å². The molecule has 0 spiro atoms. The normalized spacial score (nSPS) is 12.8. The fourth-order valence-electron chi connectivity index (χ4n) is 2.23. The summed E-state index contributed by atoms with van der Waals surface area (Å²) in [6.07, 6.45) is -15.2.